The normalized spacial score (nSPS) is 14.3. The number of hydrogen-bond acceptors (Lipinski definition) is 3. The number of rotatable bonds is 5. The number of aliphatic hydroxyl groups is 1. The third kappa shape index (κ3) is 2.74. The van der Waals surface area contributed by atoms with Gasteiger partial charge < -0.3 is 15.7 Å². The molecule has 1 aliphatic rings. The second-order valence-electron chi connectivity index (χ2n) is 4.24. The van der Waals surface area contributed by atoms with E-state index in [1.165, 1.54) is 29.7 Å². The summed E-state index contributed by atoms with van der Waals surface area (Å²) in [5.41, 5.74) is 4.10. The zero-order chi connectivity index (χ0) is 11.2. The molecule has 0 radical (unpaired) electrons. The predicted octanol–water partition coefficient (Wildman–Crippen LogP) is 1.52. The molecule has 0 saturated heterocycles. The highest BCUT2D eigenvalue weighted by molar-refractivity contribution is 5.59. The van der Waals surface area contributed by atoms with Crippen LogP contribution in [0.5, 0.6) is 0 Å². The van der Waals surface area contributed by atoms with Crippen LogP contribution in [-0.2, 0) is 13.0 Å². The fourth-order valence-electron chi connectivity index (χ4n) is 2.16. The van der Waals surface area contributed by atoms with Crippen LogP contribution in [0.15, 0.2) is 18.2 Å². The van der Waals surface area contributed by atoms with E-state index in [-0.39, 0.29) is 6.61 Å². The highest BCUT2D eigenvalue weighted by atomic mass is 16.3. The molecule has 3 N–H and O–H groups in total. The van der Waals surface area contributed by atoms with E-state index in [1.807, 2.05) is 0 Å². The molecule has 0 aromatic heterocycles. The molecule has 3 heteroatoms. The van der Waals surface area contributed by atoms with E-state index in [0.717, 1.165) is 26.1 Å². The lowest BCUT2D eigenvalue weighted by molar-refractivity contribution is 0.286. The van der Waals surface area contributed by atoms with Crippen LogP contribution in [0.3, 0.4) is 0 Å². The molecule has 0 unspecified atom stereocenters. The first-order valence-electron chi connectivity index (χ1n) is 6.08. The van der Waals surface area contributed by atoms with Crippen molar-refractivity contribution >= 4 is 5.69 Å². The standard InChI is InChI=1S/C13H20N2O/c16-9-3-7-14-10-12-5-1-4-11-6-2-8-15-13(11)12/h1,4-5,14-16H,2-3,6-10H2. The summed E-state index contributed by atoms with van der Waals surface area (Å²) in [7, 11) is 0. The van der Waals surface area contributed by atoms with Gasteiger partial charge in [-0.2, -0.15) is 0 Å². The molecule has 3 nitrogen and oxygen atoms in total. The lowest BCUT2D eigenvalue weighted by Gasteiger charge is -2.21. The fourth-order valence-corrected chi connectivity index (χ4v) is 2.16. The largest absolute Gasteiger partial charge is 0.396 e. The third-order valence-electron chi connectivity index (χ3n) is 2.99. The van der Waals surface area contributed by atoms with E-state index in [4.69, 9.17) is 5.11 Å². The molecule has 0 amide bonds. The molecule has 0 bridgehead atoms. The summed E-state index contributed by atoms with van der Waals surface area (Å²) in [5.74, 6) is 0. The Bertz CT molecular complexity index is 339. The average molecular weight is 220 g/mol. The Hall–Kier alpha value is -1.06. The monoisotopic (exact) mass is 220 g/mol. The van der Waals surface area contributed by atoms with Crippen LogP contribution in [0.4, 0.5) is 5.69 Å². The van der Waals surface area contributed by atoms with Crippen LogP contribution >= 0.6 is 0 Å². The van der Waals surface area contributed by atoms with Crippen molar-refractivity contribution in [1.29, 1.82) is 0 Å². The van der Waals surface area contributed by atoms with Gasteiger partial charge in [-0.3, -0.25) is 0 Å². The summed E-state index contributed by atoms with van der Waals surface area (Å²) in [6.45, 7) is 3.11. The van der Waals surface area contributed by atoms with Crippen molar-refractivity contribution in [1.82, 2.24) is 5.32 Å². The number of aryl methyl sites for hydroxylation is 1. The molecule has 1 aliphatic heterocycles. The van der Waals surface area contributed by atoms with Crippen molar-refractivity contribution in [3.8, 4) is 0 Å². The zero-order valence-corrected chi connectivity index (χ0v) is 9.63. The number of fused-ring (bicyclic) bond motifs is 1. The van der Waals surface area contributed by atoms with Gasteiger partial charge in [0.15, 0.2) is 0 Å². The highest BCUT2D eigenvalue weighted by Gasteiger charge is 2.11. The van der Waals surface area contributed by atoms with Crippen molar-refractivity contribution in [3.63, 3.8) is 0 Å². The van der Waals surface area contributed by atoms with Gasteiger partial charge in [-0.15, -0.1) is 0 Å². The summed E-state index contributed by atoms with van der Waals surface area (Å²) >= 11 is 0. The van der Waals surface area contributed by atoms with E-state index in [1.54, 1.807) is 0 Å². The molecule has 1 aromatic rings. The summed E-state index contributed by atoms with van der Waals surface area (Å²) < 4.78 is 0. The van der Waals surface area contributed by atoms with Gasteiger partial charge in [0.05, 0.1) is 0 Å². The van der Waals surface area contributed by atoms with Crippen LogP contribution in [0.25, 0.3) is 0 Å². The first-order chi connectivity index (χ1) is 7.92. The molecule has 2 rings (SSSR count). The van der Waals surface area contributed by atoms with Gasteiger partial charge in [0, 0.05) is 25.4 Å². The Morgan fingerprint density at radius 2 is 2.31 bits per heavy atom. The molecule has 0 spiro atoms. The number of hydrogen-bond donors (Lipinski definition) is 3. The number of anilines is 1. The number of para-hydroxylation sites is 1. The fraction of sp³-hybridized carbons (Fsp3) is 0.538. The third-order valence-corrected chi connectivity index (χ3v) is 2.99. The van der Waals surface area contributed by atoms with Crippen molar-refractivity contribution in [2.24, 2.45) is 0 Å². The number of nitrogens with one attached hydrogen (secondary N) is 2. The van der Waals surface area contributed by atoms with E-state index >= 15 is 0 Å². The van der Waals surface area contributed by atoms with Gasteiger partial charge in [-0.1, -0.05) is 18.2 Å². The lowest BCUT2D eigenvalue weighted by Crippen LogP contribution is -2.19. The van der Waals surface area contributed by atoms with Crippen molar-refractivity contribution in [3.05, 3.63) is 29.3 Å². The predicted molar refractivity (Wildman–Crippen MR) is 66.7 cm³/mol. The lowest BCUT2D eigenvalue weighted by atomic mass is 9.99. The zero-order valence-electron chi connectivity index (χ0n) is 9.63. The van der Waals surface area contributed by atoms with Crippen LogP contribution in [0.2, 0.25) is 0 Å². The molecule has 16 heavy (non-hydrogen) atoms. The van der Waals surface area contributed by atoms with E-state index in [9.17, 15) is 0 Å². The molecule has 1 aromatic carbocycles. The first kappa shape index (κ1) is 11.4. The van der Waals surface area contributed by atoms with Gasteiger partial charge in [-0.25, -0.2) is 0 Å². The van der Waals surface area contributed by atoms with Gasteiger partial charge in [0.2, 0.25) is 0 Å². The Labute approximate surface area is 96.9 Å². The smallest absolute Gasteiger partial charge is 0.0443 e. The van der Waals surface area contributed by atoms with E-state index < -0.39 is 0 Å². The molecule has 1 heterocycles. The molecule has 0 aliphatic carbocycles. The van der Waals surface area contributed by atoms with Crippen molar-refractivity contribution in [2.45, 2.75) is 25.8 Å². The van der Waals surface area contributed by atoms with Crippen LogP contribution in [0.1, 0.15) is 24.0 Å². The second-order valence-corrected chi connectivity index (χ2v) is 4.24. The molecule has 0 atom stereocenters. The summed E-state index contributed by atoms with van der Waals surface area (Å²) in [6.07, 6.45) is 3.24. The minimum absolute atomic E-state index is 0.262. The second kappa shape index (κ2) is 5.87. The summed E-state index contributed by atoms with van der Waals surface area (Å²) in [4.78, 5) is 0. The summed E-state index contributed by atoms with van der Waals surface area (Å²) in [6, 6.07) is 6.51. The van der Waals surface area contributed by atoms with Crippen molar-refractivity contribution < 1.29 is 5.11 Å². The first-order valence-corrected chi connectivity index (χ1v) is 6.08. The highest BCUT2D eigenvalue weighted by Crippen LogP contribution is 2.25. The summed E-state index contributed by atoms with van der Waals surface area (Å²) in [5, 5.41) is 15.5. The van der Waals surface area contributed by atoms with Crippen LogP contribution in [-0.4, -0.2) is 24.8 Å². The van der Waals surface area contributed by atoms with Gasteiger partial charge in [0.1, 0.15) is 0 Å². The molecular weight excluding hydrogens is 200 g/mol. The van der Waals surface area contributed by atoms with Crippen LogP contribution < -0.4 is 10.6 Å². The SMILES string of the molecule is OCCCNCc1cccc2c1NCCC2. The Kier molecular flexibility index (Phi) is 4.19. The number of aliphatic hydroxyl groups excluding tert-OH is 1. The van der Waals surface area contributed by atoms with Gasteiger partial charge in [-0.05, 0) is 36.9 Å². The maximum atomic E-state index is 8.70. The number of benzene rings is 1. The maximum Gasteiger partial charge on any atom is 0.0443 e. The minimum Gasteiger partial charge on any atom is -0.396 e. The molecule has 88 valence electrons. The Balaban J connectivity index is 1.97. The van der Waals surface area contributed by atoms with Gasteiger partial charge in [0.25, 0.3) is 0 Å². The Morgan fingerprint density at radius 3 is 3.19 bits per heavy atom. The molecule has 0 saturated carbocycles. The van der Waals surface area contributed by atoms with E-state index in [2.05, 4.69) is 28.8 Å². The van der Waals surface area contributed by atoms with E-state index in [0.29, 0.717) is 0 Å². The quantitative estimate of drug-likeness (QED) is 0.659. The van der Waals surface area contributed by atoms with Gasteiger partial charge >= 0.3 is 0 Å². The molecule has 0 fully saturated rings. The molecular formula is C13H20N2O. The maximum absolute atomic E-state index is 8.70. The average Bonchev–Trinajstić information content (AvgIpc) is 2.35. The Morgan fingerprint density at radius 1 is 1.38 bits per heavy atom. The minimum atomic E-state index is 0.262. The van der Waals surface area contributed by atoms with Crippen molar-refractivity contribution in [2.75, 3.05) is 25.0 Å². The topological polar surface area (TPSA) is 44.3 Å². The van der Waals surface area contributed by atoms with Crippen LogP contribution in [0, 0.1) is 0 Å².